The van der Waals surface area contributed by atoms with Crippen LogP contribution in [0, 0.1) is 5.41 Å². The van der Waals surface area contributed by atoms with Gasteiger partial charge in [0.25, 0.3) is 0 Å². The Bertz CT molecular complexity index is 1050. The molecule has 4 rings (SSSR count). The summed E-state index contributed by atoms with van der Waals surface area (Å²) in [6, 6.07) is 5.73. The van der Waals surface area contributed by atoms with Crippen molar-refractivity contribution in [1.29, 1.82) is 0 Å². The number of nitrogens with one attached hydrogen (secondary N) is 1. The Balaban J connectivity index is 1.77. The summed E-state index contributed by atoms with van der Waals surface area (Å²) >= 11 is 0. The van der Waals surface area contributed by atoms with Crippen molar-refractivity contribution >= 4 is 11.8 Å². The van der Waals surface area contributed by atoms with Gasteiger partial charge in [0.05, 0.1) is 19.3 Å². The minimum absolute atomic E-state index is 0.0621. The number of dihydropyridines is 1. The number of ketones is 1. The van der Waals surface area contributed by atoms with Gasteiger partial charge in [0, 0.05) is 29.3 Å². The zero-order chi connectivity index (χ0) is 25.2. The summed E-state index contributed by atoms with van der Waals surface area (Å²) in [6.07, 6.45) is 7.17. The van der Waals surface area contributed by atoms with Crippen LogP contribution in [0.15, 0.2) is 40.7 Å². The SMILES string of the molecule is CCCOc1ccc([C@@H]2C(C(=O)OC3CCCCC3)=C(C)NC3=C2C(=O)CC(C)(C)C3)cc1OC. The van der Waals surface area contributed by atoms with E-state index in [4.69, 9.17) is 14.2 Å². The number of Topliss-reactive ketones (excluding diaryl/α,β-unsaturated/α-hetero) is 1. The summed E-state index contributed by atoms with van der Waals surface area (Å²) in [5.74, 6) is 0.498. The van der Waals surface area contributed by atoms with Crippen molar-refractivity contribution < 1.29 is 23.8 Å². The van der Waals surface area contributed by atoms with Crippen molar-refractivity contribution in [2.75, 3.05) is 13.7 Å². The molecule has 0 amide bonds. The zero-order valence-corrected chi connectivity index (χ0v) is 21.8. The predicted molar refractivity (Wildman–Crippen MR) is 135 cm³/mol. The van der Waals surface area contributed by atoms with Crippen LogP contribution in [0.2, 0.25) is 0 Å². The summed E-state index contributed by atoms with van der Waals surface area (Å²) in [4.78, 5) is 27.1. The molecule has 1 aliphatic heterocycles. The predicted octanol–water partition coefficient (Wildman–Crippen LogP) is 5.96. The van der Waals surface area contributed by atoms with E-state index in [9.17, 15) is 9.59 Å². The lowest BCUT2D eigenvalue weighted by Gasteiger charge is -2.39. The molecule has 35 heavy (non-hydrogen) atoms. The molecule has 190 valence electrons. The highest BCUT2D eigenvalue weighted by molar-refractivity contribution is 6.04. The molecule has 2 aliphatic carbocycles. The summed E-state index contributed by atoms with van der Waals surface area (Å²) < 4.78 is 17.5. The van der Waals surface area contributed by atoms with Gasteiger partial charge in [-0.3, -0.25) is 4.79 Å². The van der Waals surface area contributed by atoms with E-state index in [-0.39, 0.29) is 23.3 Å². The Kier molecular flexibility index (Phi) is 7.58. The van der Waals surface area contributed by atoms with Crippen LogP contribution in [0.25, 0.3) is 0 Å². The highest BCUT2D eigenvalue weighted by Gasteiger charge is 2.43. The molecular weight excluding hydrogens is 442 g/mol. The molecule has 1 heterocycles. The number of esters is 1. The number of hydrogen-bond acceptors (Lipinski definition) is 6. The van der Waals surface area contributed by atoms with Gasteiger partial charge in [-0.1, -0.05) is 33.3 Å². The van der Waals surface area contributed by atoms with E-state index in [1.807, 2.05) is 25.1 Å². The zero-order valence-electron chi connectivity index (χ0n) is 21.8. The Morgan fingerprint density at radius 2 is 1.86 bits per heavy atom. The van der Waals surface area contributed by atoms with Crippen LogP contribution < -0.4 is 14.8 Å². The van der Waals surface area contributed by atoms with Gasteiger partial charge >= 0.3 is 5.97 Å². The van der Waals surface area contributed by atoms with E-state index in [2.05, 4.69) is 26.1 Å². The second kappa shape index (κ2) is 10.5. The number of carbonyl (C=O) groups excluding carboxylic acids is 2. The van der Waals surface area contributed by atoms with Gasteiger partial charge in [0.2, 0.25) is 0 Å². The molecule has 1 saturated carbocycles. The van der Waals surface area contributed by atoms with Crippen LogP contribution in [-0.2, 0) is 14.3 Å². The molecule has 1 N–H and O–H groups in total. The number of carbonyl (C=O) groups is 2. The lowest BCUT2D eigenvalue weighted by Crippen LogP contribution is -2.39. The molecule has 1 aromatic rings. The number of allylic oxidation sites excluding steroid dienone is 3. The van der Waals surface area contributed by atoms with Gasteiger partial charge in [0.1, 0.15) is 6.10 Å². The van der Waals surface area contributed by atoms with Crippen LogP contribution in [0.3, 0.4) is 0 Å². The third kappa shape index (κ3) is 5.41. The third-order valence-corrected chi connectivity index (χ3v) is 7.27. The van der Waals surface area contributed by atoms with E-state index >= 15 is 0 Å². The van der Waals surface area contributed by atoms with E-state index in [0.29, 0.717) is 35.7 Å². The van der Waals surface area contributed by atoms with Crippen LogP contribution in [0.4, 0.5) is 0 Å². The number of ether oxygens (including phenoxy) is 3. The number of hydrogen-bond donors (Lipinski definition) is 1. The van der Waals surface area contributed by atoms with Crippen LogP contribution >= 0.6 is 0 Å². The fourth-order valence-electron chi connectivity index (χ4n) is 5.63. The average molecular weight is 482 g/mol. The largest absolute Gasteiger partial charge is 0.493 e. The van der Waals surface area contributed by atoms with Crippen molar-refractivity contribution in [2.45, 2.75) is 91.1 Å². The lowest BCUT2D eigenvalue weighted by atomic mass is 9.68. The maximum atomic E-state index is 13.6. The van der Waals surface area contributed by atoms with Gasteiger partial charge in [-0.25, -0.2) is 4.79 Å². The molecule has 0 bridgehead atoms. The molecule has 0 spiro atoms. The van der Waals surface area contributed by atoms with Crippen molar-refractivity contribution in [2.24, 2.45) is 5.41 Å². The Morgan fingerprint density at radius 3 is 2.54 bits per heavy atom. The molecule has 1 atom stereocenters. The van der Waals surface area contributed by atoms with Crippen LogP contribution in [-0.4, -0.2) is 31.6 Å². The summed E-state index contributed by atoms with van der Waals surface area (Å²) in [5, 5.41) is 3.42. The first-order valence-corrected chi connectivity index (χ1v) is 13.0. The topological polar surface area (TPSA) is 73.9 Å². The van der Waals surface area contributed by atoms with E-state index in [1.54, 1.807) is 7.11 Å². The summed E-state index contributed by atoms with van der Waals surface area (Å²) in [6.45, 7) is 8.78. The first-order valence-electron chi connectivity index (χ1n) is 13.0. The minimum atomic E-state index is -0.500. The quantitative estimate of drug-likeness (QED) is 0.484. The monoisotopic (exact) mass is 481 g/mol. The first-order chi connectivity index (χ1) is 16.7. The molecule has 1 fully saturated rings. The van der Waals surface area contributed by atoms with Crippen molar-refractivity contribution in [3.8, 4) is 11.5 Å². The molecule has 3 aliphatic rings. The van der Waals surface area contributed by atoms with Crippen LogP contribution in [0.1, 0.15) is 90.5 Å². The van der Waals surface area contributed by atoms with Gasteiger partial charge in [-0.05, 0) is 68.6 Å². The smallest absolute Gasteiger partial charge is 0.337 e. The summed E-state index contributed by atoms with van der Waals surface area (Å²) in [5.41, 5.74) is 3.56. The highest BCUT2D eigenvalue weighted by atomic mass is 16.5. The lowest BCUT2D eigenvalue weighted by molar-refractivity contribution is -0.146. The van der Waals surface area contributed by atoms with Gasteiger partial charge in [-0.2, -0.15) is 0 Å². The third-order valence-electron chi connectivity index (χ3n) is 7.27. The molecule has 0 aromatic heterocycles. The van der Waals surface area contributed by atoms with E-state index < -0.39 is 5.92 Å². The molecule has 1 aromatic carbocycles. The Morgan fingerprint density at radius 1 is 1.11 bits per heavy atom. The fraction of sp³-hybridized carbons (Fsp3) is 0.586. The standard InChI is InChI=1S/C29H39NO5/c1-6-14-34-23-13-12-19(15-24(23)33-5)26-25(28(32)35-20-10-8-7-9-11-20)18(2)30-21-16-29(3,4)17-22(31)27(21)26/h12-13,15,20,26,30H,6-11,14,16-17H2,1-5H3/t26-/m1/s1. The van der Waals surface area contributed by atoms with Crippen molar-refractivity contribution in [3.05, 3.63) is 46.3 Å². The molecule has 0 saturated heterocycles. The Labute approximate surface area is 209 Å². The average Bonchev–Trinajstić information content (AvgIpc) is 2.81. The van der Waals surface area contributed by atoms with E-state index in [0.717, 1.165) is 55.5 Å². The minimum Gasteiger partial charge on any atom is -0.493 e. The maximum absolute atomic E-state index is 13.6. The van der Waals surface area contributed by atoms with E-state index in [1.165, 1.54) is 6.42 Å². The molecule has 0 unspecified atom stereocenters. The Hall–Kier alpha value is -2.76. The van der Waals surface area contributed by atoms with Crippen molar-refractivity contribution in [1.82, 2.24) is 5.32 Å². The van der Waals surface area contributed by atoms with Gasteiger partial charge in [0.15, 0.2) is 17.3 Å². The first kappa shape index (κ1) is 25.3. The summed E-state index contributed by atoms with van der Waals surface area (Å²) in [7, 11) is 1.61. The normalized spacial score (nSPS) is 22.4. The molecular formula is C29H39NO5. The number of benzene rings is 1. The fourth-order valence-corrected chi connectivity index (χ4v) is 5.63. The highest BCUT2D eigenvalue weighted by Crippen LogP contribution is 2.48. The second-order valence-electron chi connectivity index (χ2n) is 10.9. The molecule has 6 heteroatoms. The number of methoxy groups -OCH3 is 1. The van der Waals surface area contributed by atoms with Crippen molar-refractivity contribution in [3.63, 3.8) is 0 Å². The maximum Gasteiger partial charge on any atom is 0.337 e. The van der Waals surface area contributed by atoms with Gasteiger partial charge in [-0.15, -0.1) is 0 Å². The number of rotatable bonds is 7. The molecule has 0 radical (unpaired) electrons. The van der Waals surface area contributed by atoms with Gasteiger partial charge < -0.3 is 19.5 Å². The molecule has 6 nitrogen and oxygen atoms in total. The van der Waals surface area contributed by atoms with Crippen LogP contribution in [0.5, 0.6) is 11.5 Å². The second-order valence-corrected chi connectivity index (χ2v) is 10.9.